The van der Waals surface area contributed by atoms with Gasteiger partial charge in [0.25, 0.3) is 0 Å². The first kappa shape index (κ1) is 18.8. The van der Waals surface area contributed by atoms with E-state index in [9.17, 15) is 9.59 Å². The van der Waals surface area contributed by atoms with Crippen molar-refractivity contribution in [1.29, 1.82) is 0 Å². The van der Waals surface area contributed by atoms with Crippen LogP contribution in [0.4, 0.5) is 5.69 Å². The number of anilines is 1. The Morgan fingerprint density at radius 3 is 2.81 bits per heavy atom. The second-order valence-electron chi connectivity index (χ2n) is 6.53. The van der Waals surface area contributed by atoms with E-state index in [1.54, 1.807) is 18.1 Å². The Kier molecular flexibility index (Phi) is 5.96. The molecule has 1 N–H and O–H groups in total. The Hall–Kier alpha value is -3.02. The predicted octanol–water partition coefficient (Wildman–Crippen LogP) is 2.55. The van der Waals surface area contributed by atoms with Crippen molar-refractivity contribution in [2.24, 2.45) is 5.92 Å². The van der Waals surface area contributed by atoms with Gasteiger partial charge in [-0.1, -0.05) is 24.3 Å². The third kappa shape index (κ3) is 4.58. The summed E-state index contributed by atoms with van der Waals surface area (Å²) in [6, 6.07) is 15.1. The molecule has 1 saturated heterocycles. The monoisotopic (exact) mass is 368 g/mol. The molecule has 1 aliphatic rings. The molecule has 6 heteroatoms. The Morgan fingerprint density at radius 1 is 1.22 bits per heavy atom. The topological polar surface area (TPSA) is 67.9 Å². The number of para-hydroxylation sites is 2. The minimum Gasteiger partial charge on any atom is -0.495 e. The van der Waals surface area contributed by atoms with Crippen molar-refractivity contribution >= 4 is 17.5 Å². The second kappa shape index (κ2) is 8.58. The highest BCUT2D eigenvalue weighted by atomic mass is 16.5. The van der Waals surface area contributed by atoms with Crippen LogP contribution in [0, 0.1) is 12.8 Å². The van der Waals surface area contributed by atoms with E-state index in [1.807, 2.05) is 49.4 Å². The van der Waals surface area contributed by atoms with E-state index in [2.05, 4.69) is 5.32 Å². The first-order valence-electron chi connectivity index (χ1n) is 8.99. The summed E-state index contributed by atoms with van der Waals surface area (Å²) in [6.07, 6.45) is 0.197. The molecule has 0 aromatic heterocycles. The molecule has 2 aromatic carbocycles. The van der Waals surface area contributed by atoms with Crippen LogP contribution in [0.3, 0.4) is 0 Å². The van der Waals surface area contributed by atoms with Crippen LogP contribution in [-0.4, -0.2) is 38.6 Å². The number of rotatable bonds is 7. The fourth-order valence-electron chi connectivity index (χ4n) is 3.16. The lowest BCUT2D eigenvalue weighted by Gasteiger charge is -2.19. The molecule has 1 unspecified atom stereocenters. The molecule has 1 atom stereocenters. The Labute approximate surface area is 159 Å². The van der Waals surface area contributed by atoms with E-state index < -0.39 is 0 Å². The van der Waals surface area contributed by atoms with Crippen molar-refractivity contribution in [3.8, 4) is 11.5 Å². The molecule has 0 bridgehead atoms. The average Bonchev–Trinajstić information content (AvgIpc) is 3.06. The first-order chi connectivity index (χ1) is 13.1. The summed E-state index contributed by atoms with van der Waals surface area (Å²) in [5, 5.41) is 2.86. The number of carbonyl (C=O) groups is 2. The molecule has 0 aliphatic carbocycles. The SMILES string of the molecule is COc1ccccc1N1CC(C(=O)NCCOc2cccc(C)c2)CC1=O. The van der Waals surface area contributed by atoms with E-state index >= 15 is 0 Å². The molecule has 0 spiro atoms. The third-order valence-electron chi connectivity index (χ3n) is 4.53. The Morgan fingerprint density at radius 2 is 2.04 bits per heavy atom. The van der Waals surface area contributed by atoms with E-state index in [4.69, 9.17) is 9.47 Å². The van der Waals surface area contributed by atoms with E-state index in [1.165, 1.54) is 0 Å². The minimum absolute atomic E-state index is 0.0735. The lowest BCUT2D eigenvalue weighted by molar-refractivity contribution is -0.126. The molecule has 0 saturated carbocycles. The van der Waals surface area contributed by atoms with Crippen LogP contribution in [0.25, 0.3) is 0 Å². The number of hydrogen-bond donors (Lipinski definition) is 1. The summed E-state index contributed by atoms with van der Waals surface area (Å²) < 4.78 is 11.0. The minimum atomic E-state index is -0.374. The molecular weight excluding hydrogens is 344 g/mol. The van der Waals surface area contributed by atoms with Crippen LogP contribution in [0.2, 0.25) is 0 Å². The summed E-state index contributed by atoms with van der Waals surface area (Å²) in [6.45, 7) is 3.13. The fraction of sp³-hybridized carbons (Fsp3) is 0.333. The fourth-order valence-corrected chi connectivity index (χ4v) is 3.16. The van der Waals surface area contributed by atoms with Crippen LogP contribution in [0.5, 0.6) is 11.5 Å². The number of hydrogen-bond acceptors (Lipinski definition) is 4. The summed E-state index contributed by atoms with van der Waals surface area (Å²) in [5.41, 5.74) is 1.82. The highest BCUT2D eigenvalue weighted by Gasteiger charge is 2.36. The largest absolute Gasteiger partial charge is 0.495 e. The molecule has 2 amide bonds. The number of aryl methyl sites for hydroxylation is 1. The van der Waals surface area contributed by atoms with Gasteiger partial charge in [0.2, 0.25) is 11.8 Å². The van der Waals surface area contributed by atoms with E-state index in [-0.39, 0.29) is 24.2 Å². The van der Waals surface area contributed by atoms with Crippen LogP contribution in [-0.2, 0) is 9.59 Å². The van der Waals surface area contributed by atoms with Crippen molar-refractivity contribution in [2.75, 3.05) is 31.7 Å². The Balaban J connectivity index is 1.50. The van der Waals surface area contributed by atoms with Gasteiger partial charge in [-0.15, -0.1) is 0 Å². The highest BCUT2D eigenvalue weighted by molar-refractivity contribution is 6.01. The smallest absolute Gasteiger partial charge is 0.227 e. The molecule has 1 aliphatic heterocycles. The molecule has 27 heavy (non-hydrogen) atoms. The zero-order chi connectivity index (χ0) is 19.2. The van der Waals surface area contributed by atoms with E-state index in [0.29, 0.717) is 31.1 Å². The number of methoxy groups -OCH3 is 1. The van der Waals surface area contributed by atoms with Crippen LogP contribution >= 0.6 is 0 Å². The van der Waals surface area contributed by atoms with Crippen molar-refractivity contribution in [2.45, 2.75) is 13.3 Å². The lowest BCUT2D eigenvalue weighted by atomic mass is 10.1. The van der Waals surface area contributed by atoms with Gasteiger partial charge in [0.05, 0.1) is 25.3 Å². The van der Waals surface area contributed by atoms with Crippen molar-refractivity contribution in [1.82, 2.24) is 5.32 Å². The van der Waals surface area contributed by atoms with Gasteiger partial charge in [-0.25, -0.2) is 0 Å². The van der Waals surface area contributed by atoms with Gasteiger partial charge in [-0.2, -0.15) is 0 Å². The number of benzene rings is 2. The Bertz CT molecular complexity index is 821. The quantitative estimate of drug-likeness (QED) is 0.763. The molecule has 6 nitrogen and oxygen atoms in total. The molecule has 1 heterocycles. The number of ether oxygens (including phenoxy) is 2. The standard InChI is InChI=1S/C21H24N2O4/c1-15-6-5-7-17(12-15)27-11-10-22-21(25)16-13-20(24)23(14-16)18-8-3-4-9-19(18)26-2/h3-9,12,16H,10-11,13-14H2,1-2H3,(H,22,25). The van der Waals surface area contributed by atoms with Gasteiger partial charge in [-0.3, -0.25) is 9.59 Å². The molecule has 1 fully saturated rings. The van der Waals surface area contributed by atoms with Gasteiger partial charge in [0.1, 0.15) is 18.1 Å². The van der Waals surface area contributed by atoms with Gasteiger partial charge >= 0.3 is 0 Å². The second-order valence-corrected chi connectivity index (χ2v) is 6.53. The summed E-state index contributed by atoms with van der Waals surface area (Å²) >= 11 is 0. The van der Waals surface area contributed by atoms with Crippen LogP contribution in [0.1, 0.15) is 12.0 Å². The number of nitrogens with one attached hydrogen (secondary N) is 1. The average molecular weight is 368 g/mol. The highest BCUT2D eigenvalue weighted by Crippen LogP contribution is 2.32. The summed E-state index contributed by atoms with van der Waals surface area (Å²) in [7, 11) is 1.57. The maximum Gasteiger partial charge on any atom is 0.227 e. The van der Waals surface area contributed by atoms with E-state index in [0.717, 1.165) is 11.3 Å². The van der Waals surface area contributed by atoms with Gasteiger partial charge in [0, 0.05) is 13.0 Å². The van der Waals surface area contributed by atoms with Crippen molar-refractivity contribution in [3.05, 3.63) is 54.1 Å². The number of carbonyl (C=O) groups excluding carboxylic acids is 2. The molecule has 2 aromatic rings. The van der Waals surface area contributed by atoms with Gasteiger partial charge in [0.15, 0.2) is 0 Å². The molecular formula is C21H24N2O4. The van der Waals surface area contributed by atoms with Crippen LogP contribution < -0.4 is 19.7 Å². The number of amides is 2. The van der Waals surface area contributed by atoms with Gasteiger partial charge < -0.3 is 19.7 Å². The van der Waals surface area contributed by atoms with Crippen molar-refractivity contribution < 1.29 is 19.1 Å². The predicted molar refractivity (Wildman–Crippen MR) is 103 cm³/mol. The maximum atomic E-state index is 12.4. The summed E-state index contributed by atoms with van der Waals surface area (Å²) in [5.74, 6) is 0.826. The number of nitrogens with zero attached hydrogens (tertiary/aromatic N) is 1. The van der Waals surface area contributed by atoms with Gasteiger partial charge in [-0.05, 0) is 36.8 Å². The molecule has 3 rings (SSSR count). The first-order valence-corrected chi connectivity index (χ1v) is 8.99. The molecule has 0 radical (unpaired) electrons. The normalized spacial score (nSPS) is 16.3. The maximum absolute atomic E-state index is 12.4. The molecule has 142 valence electrons. The third-order valence-corrected chi connectivity index (χ3v) is 4.53. The van der Waals surface area contributed by atoms with Crippen molar-refractivity contribution in [3.63, 3.8) is 0 Å². The lowest BCUT2D eigenvalue weighted by Crippen LogP contribution is -2.35. The summed E-state index contributed by atoms with van der Waals surface area (Å²) in [4.78, 5) is 26.4. The zero-order valence-electron chi connectivity index (χ0n) is 15.6. The van der Waals surface area contributed by atoms with Crippen LogP contribution in [0.15, 0.2) is 48.5 Å². The zero-order valence-corrected chi connectivity index (χ0v) is 15.6.